The number of carbonyl (C=O) groups is 1. The molecule has 2 aliphatic rings. The zero-order valence-electron chi connectivity index (χ0n) is 20.0. The standard InChI is InChI=1S/C27H29ClN4O3/c1-18-14-32(15-19(2)35-18)27-23-16-31(25(33)17-34-22-10-8-21(28)9-11-22)13-12-24(23)29-26(30-27)20-6-4-3-5-7-20/h3-11,18-19H,12-17H2,1-2H3. The molecule has 1 fully saturated rings. The minimum absolute atomic E-state index is 0.0269. The quantitative estimate of drug-likeness (QED) is 0.526. The number of morpholine rings is 1. The fourth-order valence-corrected chi connectivity index (χ4v) is 4.83. The predicted octanol–water partition coefficient (Wildman–Crippen LogP) is 4.37. The number of nitrogens with zero attached hydrogens (tertiary/aromatic N) is 4. The summed E-state index contributed by atoms with van der Waals surface area (Å²) in [6.07, 6.45) is 0.865. The number of hydrogen-bond acceptors (Lipinski definition) is 6. The highest BCUT2D eigenvalue weighted by molar-refractivity contribution is 6.30. The lowest BCUT2D eigenvalue weighted by Gasteiger charge is -2.39. The van der Waals surface area contributed by atoms with E-state index in [1.807, 2.05) is 35.2 Å². The Morgan fingerprint density at radius 2 is 1.77 bits per heavy atom. The summed E-state index contributed by atoms with van der Waals surface area (Å²) in [6, 6.07) is 17.1. The molecule has 0 bridgehead atoms. The lowest BCUT2D eigenvalue weighted by Crippen LogP contribution is -2.47. The third-order valence-electron chi connectivity index (χ3n) is 6.32. The van der Waals surface area contributed by atoms with Crippen molar-refractivity contribution in [2.24, 2.45) is 0 Å². The first-order chi connectivity index (χ1) is 17.0. The number of anilines is 1. The van der Waals surface area contributed by atoms with Gasteiger partial charge in [0.05, 0.1) is 24.4 Å². The second kappa shape index (κ2) is 10.2. The molecule has 2 aliphatic heterocycles. The van der Waals surface area contributed by atoms with Crippen LogP contribution in [0.4, 0.5) is 5.82 Å². The van der Waals surface area contributed by atoms with Gasteiger partial charge in [-0.15, -0.1) is 0 Å². The molecule has 1 aromatic heterocycles. The molecule has 2 atom stereocenters. The Hall–Kier alpha value is -3.16. The highest BCUT2D eigenvalue weighted by Gasteiger charge is 2.31. The molecule has 8 heteroatoms. The molecule has 3 aromatic rings. The van der Waals surface area contributed by atoms with Gasteiger partial charge in [0.2, 0.25) is 0 Å². The third kappa shape index (κ3) is 5.41. The molecular formula is C27H29ClN4O3. The lowest BCUT2D eigenvalue weighted by atomic mass is 10.0. The first kappa shape index (κ1) is 23.6. The molecule has 2 unspecified atom stereocenters. The Morgan fingerprint density at radius 3 is 2.49 bits per heavy atom. The van der Waals surface area contributed by atoms with E-state index in [1.54, 1.807) is 24.3 Å². The van der Waals surface area contributed by atoms with Gasteiger partial charge in [0, 0.05) is 42.2 Å². The molecule has 35 heavy (non-hydrogen) atoms. The Balaban J connectivity index is 1.41. The largest absolute Gasteiger partial charge is 0.484 e. The summed E-state index contributed by atoms with van der Waals surface area (Å²) < 4.78 is 11.7. The van der Waals surface area contributed by atoms with E-state index >= 15 is 0 Å². The van der Waals surface area contributed by atoms with Crippen LogP contribution in [0.3, 0.4) is 0 Å². The van der Waals surface area contributed by atoms with Crippen LogP contribution in [0.15, 0.2) is 54.6 Å². The fraction of sp³-hybridized carbons (Fsp3) is 0.370. The van der Waals surface area contributed by atoms with E-state index in [-0.39, 0.29) is 24.7 Å². The van der Waals surface area contributed by atoms with Crippen LogP contribution in [0.25, 0.3) is 11.4 Å². The number of carbonyl (C=O) groups excluding carboxylic acids is 1. The highest BCUT2D eigenvalue weighted by atomic mass is 35.5. The van der Waals surface area contributed by atoms with Crippen molar-refractivity contribution >= 4 is 23.3 Å². The summed E-state index contributed by atoms with van der Waals surface area (Å²) in [4.78, 5) is 27.1. The van der Waals surface area contributed by atoms with Crippen molar-refractivity contribution in [2.75, 3.05) is 31.1 Å². The van der Waals surface area contributed by atoms with E-state index in [4.69, 9.17) is 31.0 Å². The van der Waals surface area contributed by atoms with E-state index in [1.165, 1.54) is 0 Å². The van der Waals surface area contributed by atoms with Crippen molar-refractivity contribution in [1.82, 2.24) is 14.9 Å². The van der Waals surface area contributed by atoms with Crippen molar-refractivity contribution in [3.05, 3.63) is 70.9 Å². The minimum atomic E-state index is -0.0626. The monoisotopic (exact) mass is 492 g/mol. The van der Waals surface area contributed by atoms with Gasteiger partial charge in [0.1, 0.15) is 11.6 Å². The first-order valence-electron chi connectivity index (χ1n) is 12.0. The van der Waals surface area contributed by atoms with Gasteiger partial charge < -0.3 is 19.3 Å². The van der Waals surface area contributed by atoms with E-state index in [0.717, 1.165) is 41.6 Å². The molecule has 0 saturated carbocycles. The number of hydrogen-bond donors (Lipinski definition) is 0. The molecule has 0 aliphatic carbocycles. The number of fused-ring (bicyclic) bond motifs is 1. The van der Waals surface area contributed by atoms with Gasteiger partial charge in [-0.2, -0.15) is 0 Å². The van der Waals surface area contributed by atoms with Gasteiger partial charge >= 0.3 is 0 Å². The predicted molar refractivity (Wildman–Crippen MR) is 136 cm³/mol. The smallest absolute Gasteiger partial charge is 0.260 e. The molecule has 7 nitrogen and oxygen atoms in total. The Bertz CT molecular complexity index is 1180. The number of aromatic nitrogens is 2. The maximum Gasteiger partial charge on any atom is 0.260 e. The van der Waals surface area contributed by atoms with Crippen molar-refractivity contribution in [3.8, 4) is 17.1 Å². The van der Waals surface area contributed by atoms with E-state index in [9.17, 15) is 4.79 Å². The Morgan fingerprint density at radius 1 is 1.06 bits per heavy atom. The summed E-state index contributed by atoms with van der Waals surface area (Å²) in [5.41, 5.74) is 3.00. The van der Waals surface area contributed by atoms with Crippen molar-refractivity contribution in [1.29, 1.82) is 0 Å². The maximum absolute atomic E-state index is 13.0. The number of amides is 1. The summed E-state index contributed by atoms with van der Waals surface area (Å²) in [7, 11) is 0. The van der Waals surface area contributed by atoms with Gasteiger partial charge in [-0.05, 0) is 38.1 Å². The van der Waals surface area contributed by atoms with Crippen molar-refractivity contribution < 1.29 is 14.3 Å². The molecule has 2 aromatic carbocycles. The van der Waals surface area contributed by atoms with Crippen LogP contribution in [0.5, 0.6) is 5.75 Å². The molecule has 1 saturated heterocycles. The second-order valence-electron chi connectivity index (χ2n) is 9.13. The summed E-state index contributed by atoms with van der Waals surface area (Å²) >= 11 is 5.94. The highest BCUT2D eigenvalue weighted by Crippen LogP contribution is 2.31. The van der Waals surface area contributed by atoms with Crippen LogP contribution in [-0.4, -0.2) is 59.2 Å². The zero-order chi connectivity index (χ0) is 24.4. The topological polar surface area (TPSA) is 67.8 Å². The Kier molecular flexibility index (Phi) is 6.88. The molecule has 3 heterocycles. The zero-order valence-corrected chi connectivity index (χ0v) is 20.7. The van der Waals surface area contributed by atoms with E-state index < -0.39 is 0 Å². The minimum Gasteiger partial charge on any atom is -0.484 e. The van der Waals surface area contributed by atoms with Crippen LogP contribution in [-0.2, 0) is 22.5 Å². The number of ether oxygens (including phenoxy) is 2. The number of halogens is 1. The van der Waals surface area contributed by atoms with Gasteiger partial charge in [-0.25, -0.2) is 9.97 Å². The average molecular weight is 493 g/mol. The van der Waals surface area contributed by atoms with E-state index in [0.29, 0.717) is 30.3 Å². The van der Waals surface area contributed by atoms with Crippen LogP contribution >= 0.6 is 11.6 Å². The first-order valence-corrected chi connectivity index (χ1v) is 12.4. The summed E-state index contributed by atoms with van der Waals surface area (Å²) in [6.45, 7) is 6.68. The normalized spacial score (nSPS) is 19.9. The van der Waals surface area contributed by atoms with Gasteiger partial charge in [-0.1, -0.05) is 41.9 Å². The SMILES string of the molecule is CC1CN(c2nc(-c3ccccc3)nc3c2CN(C(=O)COc2ccc(Cl)cc2)CC3)CC(C)O1. The maximum atomic E-state index is 13.0. The van der Waals surface area contributed by atoms with Gasteiger partial charge in [0.25, 0.3) is 5.91 Å². The molecule has 1 amide bonds. The molecule has 0 N–H and O–H groups in total. The van der Waals surface area contributed by atoms with Crippen LogP contribution in [0, 0.1) is 0 Å². The molecule has 5 rings (SSSR count). The molecule has 0 spiro atoms. The average Bonchev–Trinajstić information content (AvgIpc) is 2.87. The Labute approximate surface area is 210 Å². The summed E-state index contributed by atoms with van der Waals surface area (Å²) in [5, 5.41) is 0.630. The lowest BCUT2D eigenvalue weighted by molar-refractivity contribution is -0.134. The van der Waals surface area contributed by atoms with Crippen LogP contribution < -0.4 is 9.64 Å². The molecule has 0 radical (unpaired) electrons. The van der Waals surface area contributed by atoms with Gasteiger partial charge in [-0.3, -0.25) is 4.79 Å². The third-order valence-corrected chi connectivity index (χ3v) is 6.57. The number of rotatable bonds is 5. The van der Waals surface area contributed by atoms with Crippen LogP contribution in [0.1, 0.15) is 25.1 Å². The second-order valence-corrected chi connectivity index (χ2v) is 9.57. The summed E-state index contributed by atoms with van der Waals surface area (Å²) in [5.74, 6) is 2.17. The number of benzene rings is 2. The van der Waals surface area contributed by atoms with E-state index in [2.05, 4.69) is 18.7 Å². The van der Waals surface area contributed by atoms with Crippen molar-refractivity contribution in [2.45, 2.75) is 39.0 Å². The molecule has 182 valence electrons. The fourth-order valence-electron chi connectivity index (χ4n) is 4.71. The van der Waals surface area contributed by atoms with Crippen molar-refractivity contribution in [3.63, 3.8) is 0 Å². The van der Waals surface area contributed by atoms with Gasteiger partial charge in [0.15, 0.2) is 12.4 Å². The van der Waals surface area contributed by atoms with Crippen LogP contribution in [0.2, 0.25) is 5.02 Å². The molecular weight excluding hydrogens is 464 g/mol.